The Bertz CT molecular complexity index is 394. The van der Waals surface area contributed by atoms with Gasteiger partial charge >= 0.3 is 6.09 Å². The molecule has 0 bridgehead atoms. The van der Waals surface area contributed by atoms with Gasteiger partial charge in [0.25, 0.3) is 0 Å². The van der Waals surface area contributed by atoms with E-state index >= 15 is 0 Å². The van der Waals surface area contributed by atoms with Crippen LogP contribution in [0, 0.1) is 0 Å². The van der Waals surface area contributed by atoms with Crippen LogP contribution in [0.2, 0.25) is 0 Å². The highest BCUT2D eigenvalue weighted by Crippen LogP contribution is 2.17. The molecule has 0 spiro atoms. The van der Waals surface area contributed by atoms with E-state index in [2.05, 4.69) is 24.1 Å². The molecule has 7 nitrogen and oxygen atoms in total. The molecule has 0 aromatic carbocycles. The number of aliphatic hydroxyl groups excluding tert-OH is 1. The van der Waals surface area contributed by atoms with Crippen molar-refractivity contribution >= 4 is 12.0 Å². The summed E-state index contributed by atoms with van der Waals surface area (Å²) in [5, 5.41) is 12.0. The SMILES string of the molecule is CCCCOC(=O)N[C@@H](CO)CC(=O)N1CCC(N(CC)CC)CC1. The third-order valence-corrected chi connectivity index (χ3v) is 4.84. The second-order valence-corrected chi connectivity index (χ2v) is 6.55. The third-order valence-electron chi connectivity index (χ3n) is 4.84. The molecule has 1 rings (SSSR count). The zero-order valence-electron chi connectivity index (χ0n) is 16.0. The van der Waals surface area contributed by atoms with E-state index < -0.39 is 12.1 Å². The molecule has 1 aliphatic rings. The minimum Gasteiger partial charge on any atom is -0.450 e. The van der Waals surface area contributed by atoms with E-state index in [0.29, 0.717) is 12.6 Å². The van der Waals surface area contributed by atoms with Gasteiger partial charge in [0, 0.05) is 25.6 Å². The first-order valence-corrected chi connectivity index (χ1v) is 9.61. The van der Waals surface area contributed by atoms with Crippen molar-refractivity contribution in [3.63, 3.8) is 0 Å². The first-order valence-electron chi connectivity index (χ1n) is 9.61. The minimum absolute atomic E-state index is 0.0223. The van der Waals surface area contributed by atoms with Gasteiger partial charge in [-0.15, -0.1) is 0 Å². The second-order valence-electron chi connectivity index (χ2n) is 6.55. The lowest BCUT2D eigenvalue weighted by atomic mass is 10.0. The molecule has 0 saturated carbocycles. The highest BCUT2D eigenvalue weighted by molar-refractivity contribution is 5.78. The van der Waals surface area contributed by atoms with E-state index in [0.717, 1.165) is 51.9 Å². The van der Waals surface area contributed by atoms with Crippen molar-refractivity contribution in [2.75, 3.05) is 39.4 Å². The van der Waals surface area contributed by atoms with Crippen molar-refractivity contribution in [3.8, 4) is 0 Å². The summed E-state index contributed by atoms with van der Waals surface area (Å²) in [6, 6.07) is -0.0542. The number of unbranched alkanes of at least 4 members (excludes halogenated alkanes) is 1. The fourth-order valence-electron chi connectivity index (χ4n) is 3.24. The summed E-state index contributed by atoms with van der Waals surface area (Å²) >= 11 is 0. The third kappa shape index (κ3) is 7.61. The van der Waals surface area contributed by atoms with E-state index in [1.807, 2.05) is 11.8 Å². The number of hydrogen-bond donors (Lipinski definition) is 2. The van der Waals surface area contributed by atoms with Gasteiger partial charge in [0.05, 0.1) is 19.3 Å². The van der Waals surface area contributed by atoms with Gasteiger partial charge in [0.15, 0.2) is 0 Å². The Labute approximate surface area is 151 Å². The molecule has 1 fully saturated rings. The smallest absolute Gasteiger partial charge is 0.407 e. The monoisotopic (exact) mass is 357 g/mol. The molecule has 2 N–H and O–H groups in total. The molecule has 1 saturated heterocycles. The fraction of sp³-hybridized carbons (Fsp3) is 0.889. The van der Waals surface area contributed by atoms with Gasteiger partial charge in [-0.2, -0.15) is 0 Å². The van der Waals surface area contributed by atoms with Crippen LogP contribution in [0.25, 0.3) is 0 Å². The number of nitrogens with one attached hydrogen (secondary N) is 1. The summed E-state index contributed by atoms with van der Waals surface area (Å²) in [7, 11) is 0. The van der Waals surface area contributed by atoms with Gasteiger partial charge in [-0.25, -0.2) is 4.79 Å². The van der Waals surface area contributed by atoms with Crippen molar-refractivity contribution < 1.29 is 19.4 Å². The maximum atomic E-state index is 12.4. The van der Waals surface area contributed by atoms with E-state index in [1.54, 1.807) is 0 Å². The Morgan fingerprint density at radius 1 is 1.24 bits per heavy atom. The van der Waals surface area contributed by atoms with Crippen LogP contribution in [0.15, 0.2) is 0 Å². The molecule has 7 heteroatoms. The molecule has 0 radical (unpaired) electrons. The summed E-state index contributed by atoms with van der Waals surface area (Å²) in [6.45, 7) is 9.96. The van der Waals surface area contributed by atoms with Crippen molar-refractivity contribution in [1.82, 2.24) is 15.1 Å². The Morgan fingerprint density at radius 3 is 2.40 bits per heavy atom. The number of aliphatic hydroxyl groups is 1. The minimum atomic E-state index is -0.595. The zero-order chi connectivity index (χ0) is 18.7. The average Bonchev–Trinajstić information content (AvgIpc) is 2.62. The number of amides is 2. The predicted molar refractivity (Wildman–Crippen MR) is 97.4 cm³/mol. The molecule has 146 valence electrons. The number of nitrogens with zero attached hydrogens (tertiary/aromatic N) is 2. The maximum absolute atomic E-state index is 12.4. The topological polar surface area (TPSA) is 82.1 Å². The van der Waals surface area contributed by atoms with Crippen LogP contribution in [0.5, 0.6) is 0 Å². The lowest BCUT2D eigenvalue weighted by Gasteiger charge is -2.38. The van der Waals surface area contributed by atoms with Crippen molar-refractivity contribution in [2.24, 2.45) is 0 Å². The van der Waals surface area contributed by atoms with Crippen molar-refractivity contribution in [1.29, 1.82) is 0 Å². The normalized spacial score (nSPS) is 16.8. The lowest BCUT2D eigenvalue weighted by molar-refractivity contribution is -0.133. The van der Waals surface area contributed by atoms with Gasteiger partial charge < -0.3 is 25.0 Å². The number of rotatable bonds is 10. The number of alkyl carbamates (subject to hydrolysis) is 1. The van der Waals surface area contributed by atoms with Gasteiger partial charge in [-0.1, -0.05) is 27.2 Å². The van der Waals surface area contributed by atoms with Crippen LogP contribution in [0.4, 0.5) is 4.79 Å². The summed E-state index contributed by atoms with van der Waals surface area (Å²) in [5.41, 5.74) is 0. The van der Waals surface area contributed by atoms with Crippen LogP contribution in [-0.4, -0.2) is 78.4 Å². The fourth-order valence-corrected chi connectivity index (χ4v) is 3.24. The van der Waals surface area contributed by atoms with Crippen molar-refractivity contribution in [3.05, 3.63) is 0 Å². The molecule has 0 aromatic heterocycles. The molecule has 0 unspecified atom stereocenters. The average molecular weight is 357 g/mol. The lowest BCUT2D eigenvalue weighted by Crippen LogP contribution is -2.48. The Morgan fingerprint density at radius 2 is 1.88 bits per heavy atom. The molecule has 1 heterocycles. The standard InChI is InChI=1S/C18H35N3O4/c1-4-7-12-25-18(24)19-15(14-22)13-17(23)21-10-8-16(9-11-21)20(5-2)6-3/h15-16,22H,4-14H2,1-3H3,(H,19,24)/t15-/m1/s1. The van der Waals surface area contributed by atoms with Gasteiger partial charge in [-0.05, 0) is 32.4 Å². The quantitative estimate of drug-likeness (QED) is 0.580. The van der Waals surface area contributed by atoms with Crippen molar-refractivity contribution in [2.45, 2.75) is 65.0 Å². The molecule has 0 aliphatic carbocycles. The number of hydrogen-bond acceptors (Lipinski definition) is 5. The zero-order valence-corrected chi connectivity index (χ0v) is 16.0. The van der Waals surface area contributed by atoms with Gasteiger partial charge in [0.2, 0.25) is 5.91 Å². The molecule has 25 heavy (non-hydrogen) atoms. The summed E-state index contributed by atoms with van der Waals surface area (Å²) in [5.74, 6) is -0.0223. The first-order chi connectivity index (χ1) is 12.0. The highest BCUT2D eigenvalue weighted by Gasteiger charge is 2.27. The summed E-state index contributed by atoms with van der Waals surface area (Å²) in [4.78, 5) is 28.4. The summed E-state index contributed by atoms with van der Waals surface area (Å²) in [6.07, 6.45) is 3.24. The summed E-state index contributed by atoms with van der Waals surface area (Å²) < 4.78 is 5.02. The Hall–Kier alpha value is -1.34. The Kier molecular flexibility index (Phi) is 10.5. The number of piperidine rings is 1. The van der Waals surface area contributed by atoms with Crippen LogP contribution in [-0.2, 0) is 9.53 Å². The molecule has 1 atom stereocenters. The predicted octanol–water partition coefficient (Wildman–Crippen LogP) is 1.60. The number of ether oxygens (including phenoxy) is 1. The molecular formula is C18H35N3O4. The van der Waals surface area contributed by atoms with Crippen LogP contribution < -0.4 is 5.32 Å². The number of carbonyl (C=O) groups is 2. The number of carbonyl (C=O) groups excluding carboxylic acids is 2. The van der Waals surface area contributed by atoms with E-state index in [9.17, 15) is 14.7 Å². The molecule has 1 aliphatic heterocycles. The second kappa shape index (κ2) is 12.1. The van der Waals surface area contributed by atoms with E-state index in [1.165, 1.54) is 0 Å². The molecule has 0 aromatic rings. The number of likely N-dealkylation sites (tertiary alicyclic amines) is 1. The molecular weight excluding hydrogens is 322 g/mol. The van der Waals surface area contributed by atoms with Crippen LogP contribution in [0.3, 0.4) is 0 Å². The largest absolute Gasteiger partial charge is 0.450 e. The van der Waals surface area contributed by atoms with E-state index in [4.69, 9.17) is 4.74 Å². The van der Waals surface area contributed by atoms with E-state index in [-0.39, 0.29) is 18.9 Å². The Balaban J connectivity index is 2.37. The molecule has 2 amide bonds. The van der Waals surface area contributed by atoms with Gasteiger partial charge in [0.1, 0.15) is 0 Å². The van der Waals surface area contributed by atoms with Crippen LogP contribution >= 0.6 is 0 Å². The first kappa shape index (κ1) is 21.7. The highest BCUT2D eigenvalue weighted by atomic mass is 16.5. The maximum Gasteiger partial charge on any atom is 0.407 e. The van der Waals surface area contributed by atoms with Crippen LogP contribution in [0.1, 0.15) is 52.9 Å². The van der Waals surface area contributed by atoms with Gasteiger partial charge in [-0.3, -0.25) is 4.79 Å².